The van der Waals surface area contributed by atoms with Crippen molar-refractivity contribution in [2.24, 2.45) is 0 Å². The van der Waals surface area contributed by atoms with Crippen LogP contribution in [0.5, 0.6) is 0 Å². The van der Waals surface area contributed by atoms with Crippen LogP contribution in [0.4, 0.5) is 10.1 Å². The number of carbonyl (C=O) groups excluding carboxylic acids is 2. The first-order valence-corrected chi connectivity index (χ1v) is 8.54. The molecule has 3 rings (SSSR count). The van der Waals surface area contributed by atoms with E-state index in [9.17, 15) is 18.8 Å². The fourth-order valence-electron chi connectivity index (χ4n) is 3.11. The zero-order chi connectivity index (χ0) is 19.4. The Morgan fingerprint density at radius 3 is 2.67 bits per heavy atom. The summed E-state index contributed by atoms with van der Waals surface area (Å²) in [5, 5.41) is 18.1. The molecule has 0 saturated carbocycles. The van der Waals surface area contributed by atoms with Crippen LogP contribution in [0.3, 0.4) is 0 Å². The highest BCUT2D eigenvalue weighted by Crippen LogP contribution is 2.27. The molecule has 0 atom stereocenters. The summed E-state index contributed by atoms with van der Waals surface area (Å²) in [7, 11) is 0. The van der Waals surface area contributed by atoms with Crippen LogP contribution < -0.4 is 5.32 Å². The average Bonchev–Trinajstić information content (AvgIpc) is 3.09. The van der Waals surface area contributed by atoms with Crippen LogP contribution in [0.25, 0.3) is 0 Å². The van der Waals surface area contributed by atoms with E-state index in [-0.39, 0.29) is 18.0 Å². The lowest BCUT2D eigenvalue weighted by molar-refractivity contribution is -0.143. The minimum Gasteiger partial charge on any atom is -0.481 e. The number of H-pyrrole nitrogens is 1. The molecule has 1 saturated heterocycles. The van der Waals surface area contributed by atoms with Gasteiger partial charge in [-0.15, -0.1) is 0 Å². The number of aromatic nitrogens is 2. The van der Waals surface area contributed by atoms with Crippen molar-refractivity contribution in [3.63, 3.8) is 0 Å². The first kappa shape index (κ1) is 18.6. The van der Waals surface area contributed by atoms with Crippen molar-refractivity contribution >= 4 is 23.5 Å². The third-order valence-corrected chi connectivity index (χ3v) is 4.47. The number of aromatic amines is 1. The van der Waals surface area contributed by atoms with E-state index in [4.69, 9.17) is 5.11 Å². The number of anilines is 1. The molecule has 2 amide bonds. The number of rotatable bonds is 4. The number of nitrogens with zero attached hydrogens (tertiary/aromatic N) is 2. The highest BCUT2D eigenvalue weighted by atomic mass is 19.1. The number of carboxylic acid groups (broad SMARTS) is 1. The van der Waals surface area contributed by atoms with Gasteiger partial charge in [0, 0.05) is 30.4 Å². The maximum Gasteiger partial charge on any atom is 0.313 e. The lowest BCUT2D eigenvalue weighted by Gasteiger charge is -2.30. The maximum absolute atomic E-state index is 13.2. The van der Waals surface area contributed by atoms with Crippen LogP contribution in [0.1, 0.15) is 30.1 Å². The Labute approximate surface area is 154 Å². The first-order valence-electron chi connectivity index (χ1n) is 8.54. The van der Waals surface area contributed by atoms with Gasteiger partial charge in [-0.3, -0.25) is 19.5 Å². The van der Waals surface area contributed by atoms with Gasteiger partial charge in [0.05, 0.1) is 12.1 Å². The fraction of sp³-hybridized carbons (Fsp3) is 0.333. The van der Waals surface area contributed by atoms with Gasteiger partial charge in [0.25, 0.3) is 0 Å². The molecule has 142 valence electrons. The number of carbonyl (C=O) groups is 3. The number of hydrogen-bond acceptors (Lipinski definition) is 4. The molecule has 0 unspecified atom stereocenters. The van der Waals surface area contributed by atoms with Crippen LogP contribution in [0.2, 0.25) is 0 Å². The quantitative estimate of drug-likeness (QED) is 0.702. The van der Waals surface area contributed by atoms with Crippen LogP contribution in [-0.2, 0) is 20.8 Å². The van der Waals surface area contributed by atoms with Crippen molar-refractivity contribution in [2.75, 3.05) is 18.4 Å². The minimum atomic E-state index is -0.935. The third-order valence-electron chi connectivity index (χ3n) is 4.47. The molecule has 1 aromatic carbocycles. The molecule has 1 aromatic heterocycles. The van der Waals surface area contributed by atoms with Crippen molar-refractivity contribution in [2.45, 2.75) is 25.2 Å². The number of aliphatic carboxylic acids is 1. The number of halogens is 1. The van der Waals surface area contributed by atoms with E-state index in [1.54, 1.807) is 6.07 Å². The molecule has 1 fully saturated rings. The smallest absolute Gasteiger partial charge is 0.313 e. The first-order chi connectivity index (χ1) is 12.9. The Morgan fingerprint density at radius 1 is 1.26 bits per heavy atom. The Kier molecular flexibility index (Phi) is 5.49. The number of carboxylic acids is 1. The number of benzene rings is 1. The zero-order valence-electron chi connectivity index (χ0n) is 14.4. The zero-order valence-corrected chi connectivity index (χ0v) is 14.4. The number of piperidine rings is 1. The summed E-state index contributed by atoms with van der Waals surface area (Å²) in [6, 6.07) is 7.08. The SMILES string of the molecule is O=C(O)Cc1cc(C2CCN(C(=O)C(=O)Nc3cccc(F)c3)CC2)n[nH]1. The molecule has 27 heavy (non-hydrogen) atoms. The van der Waals surface area contributed by atoms with Crippen molar-refractivity contribution in [1.29, 1.82) is 0 Å². The van der Waals surface area contributed by atoms with Crippen molar-refractivity contribution in [3.8, 4) is 0 Å². The van der Waals surface area contributed by atoms with E-state index < -0.39 is 23.6 Å². The molecule has 1 aliphatic heterocycles. The minimum absolute atomic E-state index is 0.0964. The molecule has 0 spiro atoms. The second-order valence-electron chi connectivity index (χ2n) is 6.42. The van der Waals surface area contributed by atoms with Crippen LogP contribution in [-0.4, -0.2) is 51.1 Å². The fourth-order valence-corrected chi connectivity index (χ4v) is 3.11. The topological polar surface area (TPSA) is 115 Å². The summed E-state index contributed by atoms with van der Waals surface area (Å²) >= 11 is 0. The van der Waals surface area contributed by atoms with Gasteiger partial charge in [0.2, 0.25) is 0 Å². The highest BCUT2D eigenvalue weighted by molar-refractivity contribution is 6.39. The van der Waals surface area contributed by atoms with E-state index in [2.05, 4.69) is 15.5 Å². The summed E-state index contributed by atoms with van der Waals surface area (Å²) in [5.41, 5.74) is 1.53. The standard InChI is InChI=1S/C18H19FN4O4/c19-12-2-1-3-13(8-12)20-17(26)18(27)23-6-4-11(5-7-23)15-9-14(21-22-15)10-16(24)25/h1-3,8-9,11H,4-7,10H2,(H,20,26)(H,21,22)(H,24,25). The molecule has 9 heteroatoms. The molecular formula is C18H19FN4O4. The predicted octanol–water partition coefficient (Wildman–Crippen LogP) is 1.52. The second kappa shape index (κ2) is 7.98. The van der Waals surface area contributed by atoms with E-state index >= 15 is 0 Å². The maximum atomic E-state index is 13.2. The number of nitrogens with one attached hydrogen (secondary N) is 2. The molecule has 2 heterocycles. The van der Waals surface area contributed by atoms with E-state index in [0.717, 1.165) is 11.8 Å². The lowest BCUT2D eigenvalue weighted by atomic mass is 9.93. The van der Waals surface area contributed by atoms with Crippen molar-refractivity contribution in [3.05, 3.63) is 47.5 Å². The van der Waals surface area contributed by atoms with Crippen molar-refractivity contribution in [1.82, 2.24) is 15.1 Å². The van der Waals surface area contributed by atoms with Gasteiger partial charge >= 0.3 is 17.8 Å². The lowest BCUT2D eigenvalue weighted by Crippen LogP contribution is -2.43. The van der Waals surface area contributed by atoms with E-state index in [1.165, 1.54) is 23.1 Å². The molecular weight excluding hydrogens is 355 g/mol. The molecule has 8 nitrogen and oxygen atoms in total. The number of amides is 2. The van der Waals surface area contributed by atoms with Gasteiger partial charge in [0.1, 0.15) is 5.82 Å². The molecule has 0 aliphatic carbocycles. The van der Waals surface area contributed by atoms with Gasteiger partial charge in [-0.1, -0.05) is 6.07 Å². The molecule has 3 N–H and O–H groups in total. The third kappa shape index (κ3) is 4.69. The summed E-state index contributed by atoms with van der Waals surface area (Å²) in [6.45, 7) is 0.780. The van der Waals surface area contributed by atoms with Gasteiger partial charge in [-0.25, -0.2) is 4.39 Å². The van der Waals surface area contributed by atoms with Gasteiger partial charge in [0.15, 0.2) is 0 Å². The molecule has 2 aromatic rings. The Hall–Kier alpha value is -3.23. The van der Waals surface area contributed by atoms with E-state index in [0.29, 0.717) is 31.6 Å². The second-order valence-corrected chi connectivity index (χ2v) is 6.42. The van der Waals surface area contributed by atoms with Crippen LogP contribution >= 0.6 is 0 Å². The molecule has 0 bridgehead atoms. The number of likely N-dealkylation sites (tertiary alicyclic amines) is 1. The highest BCUT2D eigenvalue weighted by Gasteiger charge is 2.28. The summed E-state index contributed by atoms with van der Waals surface area (Å²) in [6.07, 6.45) is 1.12. The van der Waals surface area contributed by atoms with Crippen LogP contribution in [0, 0.1) is 5.82 Å². The normalized spacial score (nSPS) is 14.8. The summed E-state index contributed by atoms with van der Waals surface area (Å²) in [5.74, 6) is -2.80. The summed E-state index contributed by atoms with van der Waals surface area (Å²) < 4.78 is 13.2. The van der Waals surface area contributed by atoms with Crippen LogP contribution in [0.15, 0.2) is 30.3 Å². The Morgan fingerprint density at radius 2 is 2.00 bits per heavy atom. The number of hydrogen-bond donors (Lipinski definition) is 3. The molecule has 0 radical (unpaired) electrons. The van der Waals surface area contributed by atoms with Gasteiger partial charge < -0.3 is 15.3 Å². The predicted molar refractivity (Wildman–Crippen MR) is 93.5 cm³/mol. The van der Waals surface area contributed by atoms with Gasteiger partial charge in [-0.2, -0.15) is 5.10 Å². The monoisotopic (exact) mass is 374 g/mol. The van der Waals surface area contributed by atoms with Gasteiger partial charge in [-0.05, 0) is 37.1 Å². The van der Waals surface area contributed by atoms with E-state index in [1.807, 2.05) is 0 Å². The Bertz CT molecular complexity index is 859. The van der Waals surface area contributed by atoms with Crippen molar-refractivity contribution < 1.29 is 23.9 Å². The Balaban J connectivity index is 1.53. The summed E-state index contributed by atoms with van der Waals surface area (Å²) in [4.78, 5) is 36.6. The molecule has 1 aliphatic rings. The largest absolute Gasteiger partial charge is 0.481 e. The average molecular weight is 374 g/mol.